The first kappa shape index (κ1) is 15.6. The molecule has 0 radical (unpaired) electrons. The summed E-state index contributed by atoms with van der Waals surface area (Å²) in [7, 11) is -8.47. The normalized spacial score (nSPS) is 14.1. The Hall–Kier alpha value is 0.619. The molecule has 92 valence electrons. The van der Waals surface area contributed by atoms with Crippen LogP contribution in [-0.2, 0) is 20.2 Å². The fourth-order valence-corrected chi connectivity index (χ4v) is 17.0. The van der Waals surface area contributed by atoms with E-state index in [2.05, 4.69) is 0 Å². The van der Waals surface area contributed by atoms with Gasteiger partial charge in [-0.1, -0.05) is 0 Å². The Morgan fingerprint density at radius 2 is 1.13 bits per heavy atom. The molecule has 15 heavy (non-hydrogen) atoms. The zero-order chi connectivity index (χ0) is 12.3. The van der Waals surface area contributed by atoms with Gasteiger partial charge in [-0.15, -0.1) is 0 Å². The Kier molecular flexibility index (Phi) is 5.52. The van der Waals surface area contributed by atoms with Gasteiger partial charge in [-0.25, -0.2) is 0 Å². The van der Waals surface area contributed by atoms with Crippen molar-refractivity contribution in [3.05, 3.63) is 0 Å². The van der Waals surface area contributed by atoms with Gasteiger partial charge in [0.1, 0.15) is 0 Å². The maximum absolute atomic E-state index is 10.4. The van der Waals surface area contributed by atoms with E-state index >= 15 is 0 Å². The summed E-state index contributed by atoms with van der Waals surface area (Å²) in [5, 5.41) is 0. The molecular formula is C6H14O6S2Sn-2. The monoisotopic (exact) mass is 366 g/mol. The van der Waals surface area contributed by atoms with E-state index in [0.29, 0.717) is 0 Å². The summed E-state index contributed by atoms with van der Waals surface area (Å²) < 4.78 is 62.8. The maximum atomic E-state index is 10.4. The second-order valence-electron chi connectivity index (χ2n) is 4.19. The van der Waals surface area contributed by atoms with Crippen LogP contribution in [0, 0.1) is 0 Å². The first-order chi connectivity index (χ1) is 6.41. The van der Waals surface area contributed by atoms with Gasteiger partial charge >= 0.3 is 94.8 Å². The van der Waals surface area contributed by atoms with Gasteiger partial charge < -0.3 is 0 Å². The summed E-state index contributed by atoms with van der Waals surface area (Å²) in [5.74, 6) is -0.899. The Morgan fingerprint density at radius 1 is 0.867 bits per heavy atom. The average molecular weight is 365 g/mol. The molecule has 0 rings (SSSR count). The van der Waals surface area contributed by atoms with E-state index in [0.717, 1.165) is 0 Å². The van der Waals surface area contributed by atoms with Crippen LogP contribution in [0.5, 0.6) is 0 Å². The number of rotatable bonds is 6. The zero-order valence-corrected chi connectivity index (χ0v) is 13.1. The molecule has 9 heteroatoms. The van der Waals surface area contributed by atoms with Crippen LogP contribution in [-0.4, -0.2) is 55.8 Å². The molecule has 0 saturated heterocycles. The molecule has 6 nitrogen and oxygen atoms in total. The van der Waals surface area contributed by atoms with Gasteiger partial charge in [0.25, 0.3) is 0 Å². The summed E-state index contributed by atoms with van der Waals surface area (Å²) >= 11 is -2.82. The molecule has 0 heterocycles. The number of hydrogen-bond donors (Lipinski definition) is 0. The summed E-state index contributed by atoms with van der Waals surface area (Å²) in [6, 6.07) is 0. The van der Waals surface area contributed by atoms with Crippen molar-refractivity contribution in [2.24, 2.45) is 0 Å². The molecule has 0 atom stereocenters. The van der Waals surface area contributed by atoms with Gasteiger partial charge in [-0.3, -0.25) is 0 Å². The van der Waals surface area contributed by atoms with Gasteiger partial charge in [0, 0.05) is 0 Å². The van der Waals surface area contributed by atoms with Crippen LogP contribution in [0.1, 0.15) is 0 Å². The second-order valence-corrected chi connectivity index (χ2v) is 22.4. The predicted molar refractivity (Wildman–Crippen MR) is 56.2 cm³/mol. The summed E-state index contributed by atoms with van der Waals surface area (Å²) in [6.45, 7) is 0. The summed E-state index contributed by atoms with van der Waals surface area (Å²) in [5.41, 5.74) is 0. The molecule has 0 aromatic rings. The van der Waals surface area contributed by atoms with Crippen LogP contribution in [0.4, 0.5) is 0 Å². The third-order valence-electron chi connectivity index (χ3n) is 2.06. The fraction of sp³-hybridized carbons (Fsp3) is 1.00. The molecule has 0 aromatic heterocycles. The van der Waals surface area contributed by atoms with Crippen LogP contribution in [0.15, 0.2) is 0 Å². The zero-order valence-electron chi connectivity index (χ0n) is 8.59. The average Bonchev–Trinajstić information content (AvgIpc) is 1.96. The molecule has 0 spiro atoms. The fourth-order valence-electron chi connectivity index (χ4n) is 0.928. The van der Waals surface area contributed by atoms with Crippen molar-refractivity contribution in [2.45, 2.75) is 18.8 Å². The molecule has 0 fully saturated rings. The van der Waals surface area contributed by atoms with E-state index < -0.39 is 50.1 Å². The topological polar surface area (TPSA) is 114 Å². The van der Waals surface area contributed by atoms with Crippen molar-refractivity contribution in [1.82, 2.24) is 0 Å². The van der Waals surface area contributed by atoms with E-state index in [-0.39, 0.29) is 8.87 Å². The van der Waals surface area contributed by atoms with Crippen LogP contribution < -0.4 is 0 Å². The van der Waals surface area contributed by atoms with Crippen molar-refractivity contribution in [2.75, 3.05) is 11.5 Å². The SMILES string of the molecule is [CH3][Sn]([CH3])([CH2]CS(=O)(=O)[O-])[CH2]CS(=O)(=O)[O-]. The third-order valence-corrected chi connectivity index (χ3v) is 14.7. The molecule has 0 amide bonds. The summed E-state index contributed by atoms with van der Waals surface area (Å²) in [4.78, 5) is 3.65. The Bertz CT molecular complexity index is 357. The van der Waals surface area contributed by atoms with E-state index in [1.807, 2.05) is 9.88 Å². The van der Waals surface area contributed by atoms with E-state index in [9.17, 15) is 25.9 Å². The van der Waals surface area contributed by atoms with Crippen molar-refractivity contribution in [1.29, 1.82) is 0 Å². The molecular weight excluding hydrogens is 351 g/mol. The van der Waals surface area contributed by atoms with Gasteiger partial charge in [-0.2, -0.15) is 0 Å². The second kappa shape index (κ2) is 5.30. The summed E-state index contributed by atoms with van der Waals surface area (Å²) in [6.07, 6.45) is 0. The standard InChI is InChI=1S/2C2H5O3S.2CH3.Sn/c2*1-2-6(3,4)5;;;/h2*1-2H2,(H,3,4,5);2*1H3;/p-2. The number of hydrogen-bond acceptors (Lipinski definition) is 6. The predicted octanol–water partition coefficient (Wildman–Crippen LogP) is -0.215. The Balaban J connectivity index is 4.21. The van der Waals surface area contributed by atoms with E-state index in [4.69, 9.17) is 0 Å². The van der Waals surface area contributed by atoms with E-state index in [1.54, 1.807) is 0 Å². The minimum atomic E-state index is -4.24. The molecule has 0 aliphatic rings. The van der Waals surface area contributed by atoms with Crippen LogP contribution in [0.3, 0.4) is 0 Å². The van der Waals surface area contributed by atoms with Crippen molar-refractivity contribution in [3.8, 4) is 0 Å². The van der Waals surface area contributed by atoms with Crippen molar-refractivity contribution < 1.29 is 25.9 Å². The van der Waals surface area contributed by atoms with E-state index in [1.165, 1.54) is 0 Å². The van der Waals surface area contributed by atoms with Crippen molar-refractivity contribution in [3.63, 3.8) is 0 Å². The molecule has 0 aromatic carbocycles. The molecule has 0 N–H and O–H groups in total. The van der Waals surface area contributed by atoms with Gasteiger partial charge in [0.2, 0.25) is 0 Å². The molecule has 0 bridgehead atoms. The quantitative estimate of drug-likeness (QED) is 0.475. The van der Waals surface area contributed by atoms with Gasteiger partial charge in [0.15, 0.2) is 0 Å². The van der Waals surface area contributed by atoms with Crippen molar-refractivity contribution >= 4 is 38.6 Å². The Labute approximate surface area is 94.4 Å². The van der Waals surface area contributed by atoms with Crippen LogP contribution in [0.25, 0.3) is 0 Å². The van der Waals surface area contributed by atoms with Crippen LogP contribution in [0.2, 0.25) is 18.8 Å². The molecule has 0 aliphatic carbocycles. The molecule has 0 saturated carbocycles. The minimum absolute atomic E-state index is 0.260. The third kappa shape index (κ3) is 10.9. The van der Waals surface area contributed by atoms with Crippen LogP contribution >= 0.6 is 0 Å². The first-order valence-electron chi connectivity index (χ1n) is 4.28. The first-order valence-corrected chi connectivity index (χ1v) is 17.2. The van der Waals surface area contributed by atoms with Gasteiger partial charge in [0.05, 0.1) is 0 Å². The Morgan fingerprint density at radius 3 is 1.33 bits per heavy atom. The molecule has 0 aliphatic heterocycles. The van der Waals surface area contributed by atoms with Gasteiger partial charge in [-0.05, 0) is 0 Å². The molecule has 0 unspecified atom stereocenters.